The maximum Gasteiger partial charge on any atom is 0.122 e. The van der Waals surface area contributed by atoms with Gasteiger partial charge in [-0.05, 0) is 22.6 Å². The molecule has 0 N–H and O–H groups in total. The van der Waals surface area contributed by atoms with Crippen LogP contribution in [0.5, 0.6) is 0 Å². The lowest BCUT2D eigenvalue weighted by atomic mass is 10.4. The Morgan fingerprint density at radius 1 is 1.67 bits per heavy atom. The van der Waals surface area contributed by atoms with E-state index in [1.165, 1.54) is 12.5 Å². The van der Waals surface area contributed by atoms with Crippen molar-refractivity contribution < 1.29 is 0 Å². The van der Waals surface area contributed by atoms with Gasteiger partial charge in [-0.1, -0.05) is 0 Å². The van der Waals surface area contributed by atoms with Gasteiger partial charge in [-0.3, -0.25) is 0 Å². The summed E-state index contributed by atoms with van der Waals surface area (Å²) in [6.07, 6.45) is 2.91. The van der Waals surface area contributed by atoms with Crippen LogP contribution in [0.3, 0.4) is 0 Å². The van der Waals surface area contributed by atoms with E-state index in [9.17, 15) is 0 Å². The van der Waals surface area contributed by atoms with E-state index >= 15 is 0 Å². The summed E-state index contributed by atoms with van der Waals surface area (Å²) in [5, 5.41) is 8.38. The van der Waals surface area contributed by atoms with E-state index in [1.807, 2.05) is 28.7 Å². The second-order valence-electron chi connectivity index (χ2n) is 1.34. The minimum atomic E-state index is 0.526. The van der Waals surface area contributed by atoms with Gasteiger partial charge in [0.25, 0.3) is 0 Å². The molecule has 1 aromatic heterocycles. The maximum atomic E-state index is 8.38. The summed E-state index contributed by atoms with van der Waals surface area (Å²) in [5.41, 5.74) is 0.526. The lowest BCUT2D eigenvalue weighted by Crippen LogP contribution is -1.86. The Kier molecular flexibility index (Phi) is 1.95. The van der Waals surface area contributed by atoms with Crippen LogP contribution in [-0.4, -0.2) is 9.97 Å². The van der Waals surface area contributed by atoms with Crippen molar-refractivity contribution in [2.45, 2.75) is 0 Å². The minimum Gasteiger partial charge on any atom is -0.243 e. The summed E-state index contributed by atoms with van der Waals surface area (Å²) >= 11 is 1.99. The predicted molar refractivity (Wildman–Crippen MR) is 39.5 cm³/mol. The van der Waals surface area contributed by atoms with Crippen molar-refractivity contribution >= 4 is 22.6 Å². The summed E-state index contributed by atoms with van der Waals surface area (Å²) in [6.45, 7) is 0. The van der Waals surface area contributed by atoms with Crippen LogP contribution in [0.1, 0.15) is 5.56 Å². The van der Waals surface area contributed by atoms with Crippen molar-refractivity contribution in [3.05, 3.63) is 21.8 Å². The van der Waals surface area contributed by atoms with Crippen molar-refractivity contribution in [1.82, 2.24) is 9.97 Å². The van der Waals surface area contributed by atoms with E-state index in [0.29, 0.717) is 9.26 Å². The Bertz CT molecular complexity index is 253. The van der Waals surface area contributed by atoms with Gasteiger partial charge in [-0.2, -0.15) is 5.26 Å². The first kappa shape index (κ1) is 6.42. The molecule has 1 rings (SSSR count). The fraction of sp³-hybridized carbons (Fsp3) is 0. The van der Waals surface area contributed by atoms with Crippen LogP contribution in [0.25, 0.3) is 0 Å². The van der Waals surface area contributed by atoms with Crippen molar-refractivity contribution in [3.8, 4) is 6.07 Å². The van der Waals surface area contributed by atoms with E-state index in [4.69, 9.17) is 5.26 Å². The van der Waals surface area contributed by atoms with Crippen LogP contribution in [0.15, 0.2) is 12.5 Å². The molecule has 0 aliphatic rings. The molecular weight excluding hydrogens is 229 g/mol. The molecule has 0 radical (unpaired) electrons. The van der Waals surface area contributed by atoms with Gasteiger partial charge >= 0.3 is 0 Å². The summed E-state index contributed by atoms with van der Waals surface area (Å²) in [7, 11) is 0. The van der Waals surface area contributed by atoms with Crippen LogP contribution in [0.4, 0.5) is 0 Å². The standard InChI is InChI=1S/C5H2IN3/c6-5-4(1-7)2-8-3-9-5/h2-3H. The number of aromatic nitrogens is 2. The Morgan fingerprint density at radius 3 is 2.89 bits per heavy atom. The number of nitrogens with zero attached hydrogens (tertiary/aromatic N) is 3. The highest BCUT2D eigenvalue weighted by Gasteiger charge is 1.94. The summed E-state index contributed by atoms with van der Waals surface area (Å²) < 4.78 is 0.699. The van der Waals surface area contributed by atoms with Crippen LogP contribution in [0, 0.1) is 15.0 Å². The molecule has 0 aromatic carbocycles. The molecule has 0 atom stereocenters. The van der Waals surface area contributed by atoms with Crippen molar-refractivity contribution in [2.75, 3.05) is 0 Å². The molecule has 44 valence electrons. The van der Waals surface area contributed by atoms with Gasteiger partial charge in [0.2, 0.25) is 0 Å². The molecule has 1 aromatic rings. The highest BCUT2D eigenvalue weighted by molar-refractivity contribution is 14.1. The van der Waals surface area contributed by atoms with Crippen LogP contribution >= 0.6 is 22.6 Å². The first-order valence-electron chi connectivity index (χ1n) is 2.20. The van der Waals surface area contributed by atoms with Gasteiger partial charge in [0, 0.05) is 6.20 Å². The Labute approximate surface area is 65.9 Å². The molecule has 0 bridgehead atoms. The lowest BCUT2D eigenvalue weighted by Gasteiger charge is -1.87. The van der Waals surface area contributed by atoms with Gasteiger partial charge in [-0.25, -0.2) is 9.97 Å². The topological polar surface area (TPSA) is 49.6 Å². The van der Waals surface area contributed by atoms with E-state index in [1.54, 1.807) is 0 Å². The quantitative estimate of drug-likeness (QED) is 0.493. The largest absolute Gasteiger partial charge is 0.243 e. The number of hydrogen-bond acceptors (Lipinski definition) is 3. The third kappa shape index (κ3) is 1.36. The number of nitriles is 1. The van der Waals surface area contributed by atoms with Crippen LogP contribution in [-0.2, 0) is 0 Å². The van der Waals surface area contributed by atoms with E-state index < -0.39 is 0 Å². The summed E-state index contributed by atoms with van der Waals surface area (Å²) in [4.78, 5) is 7.48. The fourth-order valence-corrected chi connectivity index (χ4v) is 0.774. The molecule has 0 aliphatic heterocycles. The molecule has 3 nitrogen and oxygen atoms in total. The average Bonchev–Trinajstić information content (AvgIpc) is 1.89. The van der Waals surface area contributed by atoms with Gasteiger partial charge < -0.3 is 0 Å². The van der Waals surface area contributed by atoms with Gasteiger partial charge in [0.05, 0.1) is 0 Å². The molecule has 9 heavy (non-hydrogen) atoms. The number of halogens is 1. The first-order valence-corrected chi connectivity index (χ1v) is 3.28. The molecule has 0 amide bonds. The first-order chi connectivity index (χ1) is 4.34. The smallest absolute Gasteiger partial charge is 0.122 e. The normalized spacial score (nSPS) is 8.44. The van der Waals surface area contributed by atoms with Crippen LogP contribution in [0.2, 0.25) is 0 Å². The van der Waals surface area contributed by atoms with Gasteiger partial charge in [0.1, 0.15) is 21.7 Å². The average molecular weight is 231 g/mol. The monoisotopic (exact) mass is 231 g/mol. The molecule has 4 heteroatoms. The Morgan fingerprint density at radius 2 is 2.44 bits per heavy atom. The van der Waals surface area contributed by atoms with E-state index in [2.05, 4.69) is 9.97 Å². The van der Waals surface area contributed by atoms with Crippen LogP contribution < -0.4 is 0 Å². The molecule has 0 unspecified atom stereocenters. The second kappa shape index (κ2) is 2.73. The van der Waals surface area contributed by atoms with Gasteiger partial charge in [-0.15, -0.1) is 0 Å². The molecular formula is C5H2IN3. The number of hydrogen-bond donors (Lipinski definition) is 0. The predicted octanol–water partition coefficient (Wildman–Crippen LogP) is 0.953. The minimum absolute atomic E-state index is 0.526. The third-order valence-electron chi connectivity index (χ3n) is 0.784. The molecule has 1 heterocycles. The molecule has 0 saturated carbocycles. The number of rotatable bonds is 0. The zero-order valence-corrected chi connectivity index (χ0v) is 6.53. The van der Waals surface area contributed by atoms with Crippen molar-refractivity contribution in [2.24, 2.45) is 0 Å². The zero-order valence-electron chi connectivity index (χ0n) is 4.37. The van der Waals surface area contributed by atoms with Gasteiger partial charge in [0.15, 0.2) is 0 Å². The Hall–Kier alpha value is -0.700. The third-order valence-corrected chi connectivity index (χ3v) is 1.64. The van der Waals surface area contributed by atoms with E-state index in [0.717, 1.165) is 0 Å². The fourth-order valence-electron chi connectivity index (χ4n) is 0.390. The van der Waals surface area contributed by atoms with E-state index in [-0.39, 0.29) is 0 Å². The molecule has 0 saturated heterocycles. The molecule has 0 aliphatic carbocycles. The summed E-state index contributed by atoms with van der Waals surface area (Å²) in [5.74, 6) is 0. The SMILES string of the molecule is N#Cc1cncnc1I. The summed E-state index contributed by atoms with van der Waals surface area (Å²) in [6, 6.07) is 1.96. The van der Waals surface area contributed by atoms with Crippen molar-refractivity contribution in [1.29, 1.82) is 5.26 Å². The maximum absolute atomic E-state index is 8.38. The molecule has 0 fully saturated rings. The second-order valence-corrected chi connectivity index (χ2v) is 2.36. The highest BCUT2D eigenvalue weighted by Crippen LogP contribution is 2.03. The molecule has 0 spiro atoms. The zero-order chi connectivity index (χ0) is 6.69. The Balaban J connectivity index is 3.20. The van der Waals surface area contributed by atoms with Crippen molar-refractivity contribution in [3.63, 3.8) is 0 Å². The highest BCUT2D eigenvalue weighted by atomic mass is 127. The lowest BCUT2D eigenvalue weighted by molar-refractivity contribution is 1.12.